The minimum absolute atomic E-state index is 0.247. The van der Waals surface area contributed by atoms with Crippen LogP contribution in [0.3, 0.4) is 0 Å². The van der Waals surface area contributed by atoms with Crippen LogP contribution in [-0.4, -0.2) is 24.3 Å². The molecule has 2 N–H and O–H groups in total. The normalized spacial score (nSPS) is 21.4. The van der Waals surface area contributed by atoms with Crippen molar-refractivity contribution in [2.45, 2.75) is 31.7 Å². The van der Waals surface area contributed by atoms with E-state index in [1.807, 2.05) is 24.3 Å². The highest BCUT2D eigenvalue weighted by Crippen LogP contribution is 2.25. The van der Waals surface area contributed by atoms with Crippen LogP contribution in [0.25, 0.3) is 0 Å². The Morgan fingerprint density at radius 3 is 2.40 bits per heavy atom. The van der Waals surface area contributed by atoms with Crippen LogP contribution in [0.2, 0.25) is 0 Å². The third kappa shape index (κ3) is 3.14. The highest BCUT2D eigenvalue weighted by Gasteiger charge is 2.22. The van der Waals surface area contributed by atoms with Crippen LogP contribution in [0.15, 0.2) is 36.8 Å². The van der Waals surface area contributed by atoms with Gasteiger partial charge in [-0.3, -0.25) is 0 Å². The van der Waals surface area contributed by atoms with E-state index in [9.17, 15) is 5.11 Å². The Kier molecular flexibility index (Phi) is 4.23. The molecule has 0 spiro atoms. The van der Waals surface area contributed by atoms with E-state index in [1.54, 1.807) is 12.5 Å². The molecule has 20 heavy (non-hydrogen) atoms. The second kappa shape index (κ2) is 6.29. The van der Waals surface area contributed by atoms with Gasteiger partial charge >= 0.3 is 0 Å². The molecule has 1 aromatic carbocycles. The molecule has 4 nitrogen and oxygen atoms in total. The third-order valence-corrected chi connectivity index (χ3v) is 4.08. The van der Waals surface area contributed by atoms with Crippen LogP contribution < -0.4 is 5.32 Å². The fourth-order valence-electron chi connectivity index (χ4n) is 2.84. The molecule has 2 aliphatic rings. The predicted octanol–water partition coefficient (Wildman–Crippen LogP) is 2.11. The first kappa shape index (κ1) is 13.5. The summed E-state index contributed by atoms with van der Waals surface area (Å²) >= 11 is 0. The molecule has 108 valence electrons. The molecule has 1 atom stereocenters. The number of hydrogen-bond donors (Lipinski definition) is 2. The summed E-state index contributed by atoms with van der Waals surface area (Å²) in [4.78, 5) is 0. The summed E-state index contributed by atoms with van der Waals surface area (Å²) in [7, 11) is 0. The lowest BCUT2D eigenvalue weighted by Gasteiger charge is -2.27. The number of nitrogens with one attached hydrogen (secondary N) is 1. The second-order valence-corrected chi connectivity index (χ2v) is 5.48. The van der Waals surface area contributed by atoms with Crippen molar-refractivity contribution >= 4 is 0 Å². The van der Waals surface area contributed by atoms with E-state index < -0.39 is 0 Å². The van der Waals surface area contributed by atoms with Gasteiger partial charge in [0.25, 0.3) is 6.29 Å². The minimum atomic E-state index is -0.321. The largest absolute Gasteiger partial charge is 0.455 e. The van der Waals surface area contributed by atoms with Gasteiger partial charge < -0.3 is 19.9 Å². The number of benzene rings is 1. The van der Waals surface area contributed by atoms with Gasteiger partial charge in [-0.2, -0.15) is 0 Å². The van der Waals surface area contributed by atoms with Crippen molar-refractivity contribution in [3.63, 3.8) is 0 Å². The average Bonchev–Trinajstić information content (AvgIpc) is 3.03. The lowest BCUT2D eigenvalue weighted by molar-refractivity contribution is -0.0246. The van der Waals surface area contributed by atoms with Crippen molar-refractivity contribution in [1.29, 1.82) is 0 Å². The van der Waals surface area contributed by atoms with Gasteiger partial charge in [0.2, 0.25) is 0 Å². The highest BCUT2D eigenvalue weighted by molar-refractivity contribution is 5.24. The molecule has 0 amide bonds. The lowest BCUT2D eigenvalue weighted by atomic mass is 9.88. The molecule has 0 aliphatic carbocycles. The first-order chi connectivity index (χ1) is 9.83. The molecule has 3 rings (SSSR count). The molecule has 1 aromatic rings. The Hall–Kier alpha value is -1.52. The molecule has 1 unspecified atom stereocenters. The highest BCUT2D eigenvalue weighted by atomic mass is 16.7. The first-order valence-corrected chi connectivity index (χ1v) is 7.26. The van der Waals surface area contributed by atoms with Gasteiger partial charge in [-0.1, -0.05) is 24.3 Å². The van der Waals surface area contributed by atoms with E-state index in [4.69, 9.17) is 9.47 Å². The van der Waals surface area contributed by atoms with E-state index >= 15 is 0 Å². The van der Waals surface area contributed by atoms with Crippen molar-refractivity contribution in [3.05, 3.63) is 47.9 Å². The fourth-order valence-corrected chi connectivity index (χ4v) is 2.84. The zero-order valence-electron chi connectivity index (χ0n) is 11.5. The first-order valence-electron chi connectivity index (χ1n) is 7.26. The summed E-state index contributed by atoms with van der Waals surface area (Å²) in [6, 6.07) is 8.10. The molecule has 0 radical (unpaired) electrons. The summed E-state index contributed by atoms with van der Waals surface area (Å²) in [6.07, 6.45) is 5.39. The SMILES string of the molecule is OC(Cc1ccc(C2OC=CO2)cc1)C1CCNCC1. The Balaban J connectivity index is 1.57. The standard InChI is InChI=1S/C16H21NO3/c18-15(13-5-7-17-8-6-13)11-12-1-3-14(4-2-12)16-19-9-10-20-16/h1-4,9-10,13,15-18H,5-8,11H2. The topological polar surface area (TPSA) is 50.7 Å². The van der Waals surface area contributed by atoms with Gasteiger partial charge in [0.05, 0.1) is 6.10 Å². The lowest BCUT2D eigenvalue weighted by Crippen LogP contribution is -2.34. The molecule has 0 saturated carbocycles. The Bertz CT molecular complexity index is 443. The smallest absolute Gasteiger partial charge is 0.266 e. The van der Waals surface area contributed by atoms with Crippen LogP contribution in [-0.2, 0) is 15.9 Å². The molecule has 4 heteroatoms. The summed E-state index contributed by atoms with van der Waals surface area (Å²) in [5.74, 6) is 0.418. The maximum absolute atomic E-state index is 10.3. The number of piperidine rings is 1. The summed E-state index contributed by atoms with van der Waals surface area (Å²) in [5, 5.41) is 13.6. The molecular weight excluding hydrogens is 254 g/mol. The molecule has 1 fully saturated rings. The minimum Gasteiger partial charge on any atom is -0.455 e. The quantitative estimate of drug-likeness (QED) is 0.883. The van der Waals surface area contributed by atoms with Gasteiger partial charge in [0, 0.05) is 5.56 Å². The molecule has 0 aromatic heterocycles. The van der Waals surface area contributed by atoms with E-state index in [2.05, 4.69) is 5.32 Å². The maximum Gasteiger partial charge on any atom is 0.266 e. The Morgan fingerprint density at radius 1 is 1.10 bits per heavy atom. The number of aliphatic hydroxyl groups excluding tert-OH is 1. The van der Waals surface area contributed by atoms with Gasteiger partial charge in [-0.05, 0) is 43.8 Å². The van der Waals surface area contributed by atoms with Crippen molar-refractivity contribution in [2.24, 2.45) is 5.92 Å². The van der Waals surface area contributed by atoms with Crippen molar-refractivity contribution in [3.8, 4) is 0 Å². The zero-order chi connectivity index (χ0) is 13.8. The summed E-state index contributed by atoms with van der Waals surface area (Å²) in [6.45, 7) is 2.04. The van der Waals surface area contributed by atoms with Crippen molar-refractivity contribution in [1.82, 2.24) is 5.32 Å². The number of hydrogen-bond acceptors (Lipinski definition) is 4. The Morgan fingerprint density at radius 2 is 1.75 bits per heavy atom. The third-order valence-electron chi connectivity index (χ3n) is 4.08. The van der Waals surface area contributed by atoms with Crippen molar-refractivity contribution < 1.29 is 14.6 Å². The van der Waals surface area contributed by atoms with E-state index in [1.165, 1.54) is 0 Å². The second-order valence-electron chi connectivity index (χ2n) is 5.48. The Labute approximate surface area is 119 Å². The zero-order valence-corrected chi connectivity index (χ0v) is 11.5. The van der Waals surface area contributed by atoms with Crippen LogP contribution in [0.5, 0.6) is 0 Å². The molecule has 2 aliphatic heterocycles. The maximum atomic E-state index is 10.3. The fraction of sp³-hybridized carbons (Fsp3) is 0.500. The molecule has 1 saturated heterocycles. The van der Waals surface area contributed by atoms with Gasteiger partial charge in [-0.25, -0.2) is 0 Å². The van der Waals surface area contributed by atoms with E-state index in [-0.39, 0.29) is 12.4 Å². The van der Waals surface area contributed by atoms with Crippen LogP contribution >= 0.6 is 0 Å². The monoisotopic (exact) mass is 275 g/mol. The molecule has 0 bridgehead atoms. The summed E-state index contributed by atoms with van der Waals surface area (Å²) in [5.41, 5.74) is 2.15. The van der Waals surface area contributed by atoms with Crippen LogP contribution in [0.4, 0.5) is 0 Å². The van der Waals surface area contributed by atoms with Gasteiger partial charge in [0.1, 0.15) is 12.5 Å². The number of aliphatic hydroxyl groups is 1. The number of ether oxygens (including phenoxy) is 2. The predicted molar refractivity (Wildman–Crippen MR) is 75.8 cm³/mol. The number of rotatable bonds is 4. The molecule has 2 heterocycles. The van der Waals surface area contributed by atoms with Gasteiger partial charge in [-0.15, -0.1) is 0 Å². The summed E-state index contributed by atoms with van der Waals surface area (Å²) < 4.78 is 10.6. The van der Waals surface area contributed by atoms with Crippen LogP contribution in [0, 0.1) is 5.92 Å². The van der Waals surface area contributed by atoms with Crippen molar-refractivity contribution in [2.75, 3.05) is 13.1 Å². The van der Waals surface area contributed by atoms with E-state index in [0.717, 1.165) is 43.5 Å². The van der Waals surface area contributed by atoms with E-state index in [0.29, 0.717) is 5.92 Å². The van der Waals surface area contributed by atoms with Crippen LogP contribution in [0.1, 0.15) is 30.3 Å². The van der Waals surface area contributed by atoms with Gasteiger partial charge in [0.15, 0.2) is 0 Å². The molecular formula is C16H21NO3. The average molecular weight is 275 g/mol.